The van der Waals surface area contributed by atoms with Gasteiger partial charge in [0, 0.05) is 6.42 Å². The number of rotatable bonds is 6. The van der Waals surface area contributed by atoms with Crippen molar-refractivity contribution in [2.45, 2.75) is 44.2 Å². The van der Waals surface area contributed by atoms with Crippen molar-refractivity contribution in [1.82, 2.24) is 0 Å². The standard InChI is InChI=1S/C8H16F3NO2S/c1-2-7(12)15(13,14)6-4-3-5-8(9,10)11/h7H,2-6,12H2,1H3. The fraction of sp³-hybridized carbons (Fsp3) is 1.00. The van der Waals surface area contributed by atoms with Crippen LogP contribution in [0.3, 0.4) is 0 Å². The van der Waals surface area contributed by atoms with Crippen LogP contribution < -0.4 is 5.73 Å². The van der Waals surface area contributed by atoms with E-state index in [0.29, 0.717) is 0 Å². The third kappa shape index (κ3) is 6.72. The Morgan fingerprint density at radius 2 is 1.80 bits per heavy atom. The first-order chi connectivity index (χ1) is 6.69. The Morgan fingerprint density at radius 3 is 2.20 bits per heavy atom. The van der Waals surface area contributed by atoms with Gasteiger partial charge in [-0.2, -0.15) is 13.2 Å². The summed E-state index contributed by atoms with van der Waals surface area (Å²) in [5.41, 5.74) is 5.31. The average Bonchev–Trinajstić information content (AvgIpc) is 2.09. The highest BCUT2D eigenvalue weighted by atomic mass is 32.2. The number of alkyl halides is 3. The van der Waals surface area contributed by atoms with Crippen LogP contribution in [0.1, 0.15) is 32.6 Å². The van der Waals surface area contributed by atoms with Gasteiger partial charge < -0.3 is 5.73 Å². The molecule has 1 atom stereocenters. The zero-order valence-electron chi connectivity index (χ0n) is 8.55. The lowest BCUT2D eigenvalue weighted by Gasteiger charge is -2.10. The summed E-state index contributed by atoms with van der Waals surface area (Å²) < 4.78 is 57.7. The normalized spacial score (nSPS) is 15.3. The minimum atomic E-state index is -4.21. The molecule has 0 saturated carbocycles. The molecule has 0 heterocycles. The van der Waals surface area contributed by atoms with E-state index >= 15 is 0 Å². The molecule has 0 amide bonds. The third-order valence-corrected chi connectivity index (χ3v) is 4.12. The highest BCUT2D eigenvalue weighted by Crippen LogP contribution is 2.22. The predicted molar refractivity (Wildman–Crippen MR) is 52.0 cm³/mol. The summed E-state index contributed by atoms with van der Waals surface area (Å²) in [6.45, 7) is 1.62. The van der Waals surface area contributed by atoms with E-state index < -0.39 is 27.8 Å². The Labute approximate surface area is 87.8 Å². The zero-order chi connectivity index (χ0) is 12.1. The molecular weight excluding hydrogens is 231 g/mol. The number of halogens is 3. The molecule has 0 bridgehead atoms. The van der Waals surface area contributed by atoms with Gasteiger partial charge in [-0.1, -0.05) is 6.92 Å². The van der Waals surface area contributed by atoms with Crippen molar-refractivity contribution in [2.75, 3.05) is 5.75 Å². The molecule has 0 aliphatic carbocycles. The van der Waals surface area contributed by atoms with Gasteiger partial charge in [0.05, 0.1) is 5.75 Å². The summed E-state index contributed by atoms with van der Waals surface area (Å²) in [7, 11) is -3.42. The van der Waals surface area contributed by atoms with Crippen molar-refractivity contribution in [1.29, 1.82) is 0 Å². The summed E-state index contributed by atoms with van der Waals surface area (Å²) in [4.78, 5) is 0. The molecule has 3 nitrogen and oxygen atoms in total. The van der Waals surface area contributed by atoms with Crippen LogP contribution in [0.5, 0.6) is 0 Å². The molecule has 0 aromatic carbocycles. The molecule has 0 rings (SSSR count). The maximum Gasteiger partial charge on any atom is 0.389 e. The SMILES string of the molecule is CCC(N)S(=O)(=O)CCCCC(F)(F)F. The Kier molecular flexibility index (Phi) is 5.58. The smallest absolute Gasteiger partial charge is 0.315 e. The number of nitrogens with two attached hydrogens (primary N) is 1. The second-order valence-corrected chi connectivity index (χ2v) is 5.73. The second-order valence-electron chi connectivity index (χ2n) is 3.39. The van der Waals surface area contributed by atoms with Gasteiger partial charge in [-0.15, -0.1) is 0 Å². The molecule has 7 heteroatoms. The molecular formula is C8H16F3NO2S. The van der Waals surface area contributed by atoms with Gasteiger partial charge in [-0.25, -0.2) is 8.42 Å². The van der Waals surface area contributed by atoms with E-state index in [1.165, 1.54) is 0 Å². The van der Waals surface area contributed by atoms with Crippen molar-refractivity contribution in [3.8, 4) is 0 Å². The van der Waals surface area contributed by atoms with Gasteiger partial charge in [0.2, 0.25) is 0 Å². The lowest BCUT2D eigenvalue weighted by molar-refractivity contribution is -0.135. The maximum absolute atomic E-state index is 11.7. The van der Waals surface area contributed by atoms with Gasteiger partial charge >= 0.3 is 6.18 Å². The van der Waals surface area contributed by atoms with E-state index in [9.17, 15) is 21.6 Å². The van der Waals surface area contributed by atoms with Crippen molar-refractivity contribution in [3.63, 3.8) is 0 Å². The van der Waals surface area contributed by atoms with Crippen LogP contribution in [-0.4, -0.2) is 25.7 Å². The van der Waals surface area contributed by atoms with E-state index in [0.717, 1.165) is 0 Å². The maximum atomic E-state index is 11.7. The fourth-order valence-electron chi connectivity index (χ4n) is 1.03. The predicted octanol–water partition coefficient (Wildman–Crippen LogP) is 1.83. The Balaban J connectivity index is 3.87. The van der Waals surface area contributed by atoms with Crippen LogP contribution in [0.2, 0.25) is 0 Å². The Morgan fingerprint density at radius 1 is 1.27 bits per heavy atom. The van der Waals surface area contributed by atoms with Crippen LogP contribution >= 0.6 is 0 Å². The Hall–Kier alpha value is -0.300. The largest absolute Gasteiger partial charge is 0.389 e. The van der Waals surface area contributed by atoms with E-state index in [2.05, 4.69) is 0 Å². The van der Waals surface area contributed by atoms with Gasteiger partial charge in [-0.3, -0.25) is 0 Å². The van der Waals surface area contributed by atoms with Gasteiger partial charge in [0.15, 0.2) is 9.84 Å². The molecule has 92 valence electrons. The van der Waals surface area contributed by atoms with Crippen LogP contribution in [0.25, 0.3) is 0 Å². The highest BCUT2D eigenvalue weighted by Gasteiger charge is 2.27. The van der Waals surface area contributed by atoms with E-state index in [4.69, 9.17) is 5.73 Å². The van der Waals surface area contributed by atoms with Gasteiger partial charge in [-0.05, 0) is 19.3 Å². The molecule has 2 N–H and O–H groups in total. The molecule has 0 aromatic rings. The van der Waals surface area contributed by atoms with Crippen molar-refractivity contribution in [3.05, 3.63) is 0 Å². The minimum Gasteiger partial charge on any atom is -0.315 e. The molecule has 0 spiro atoms. The number of hydrogen-bond acceptors (Lipinski definition) is 3. The van der Waals surface area contributed by atoms with Crippen LogP contribution in [-0.2, 0) is 9.84 Å². The molecule has 0 aromatic heterocycles. The summed E-state index contributed by atoms with van der Waals surface area (Å²) in [5.74, 6) is -0.266. The van der Waals surface area contributed by atoms with E-state index in [-0.39, 0.29) is 25.0 Å². The molecule has 0 aliphatic heterocycles. The van der Waals surface area contributed by atoms with Gasteiger partial charge in [0.1, 0.15) is 5.37 Å². The van der Waals surface area contributed by atoms with E-state index in [1.807, 2.05) is 0 Å². The minimum absolute atomic E-state index is 0.00947. The first-order valence-corrected chi connectivity index (χ1v) is 6.44. The molecule has 0 fully saturated rings. The Bertz CT molecular complexity index is 274. The summed E-state index contributed by atoms with van der Waals surface area (Å²) >= 11 is 0. The first-order valence-electron chi connectivity index (χ1n) is 4.73. The molecule has 0 aliphatic rings. The second kappa shape index (κ2) is 5.69. The average molecular weight is 247 g/mol. The van der Waals surface area contributed by atoms with Crippen molar-refractivity contribution < 1.29 is 21.6 Å². The van der Waals surface area contributed by atoms with Crippen LogP contribution in [0.4, 0.5) is 13.2 Å². The van der Waals surface area contributed by atoms with Gasteiger partial charge in [0.25, 0.3) is 0 Å². The van der Waals surface area contributed by atoms with Crippen molar-refractivity contribution in [2.24, 2.45) is 5.73 Å². The lowest BCUT2D eigenvalue weighted by Crippen LogP contribution is -2.31. The first kappa shape index (κ1) is 14.7. The summed E-state index contributed by atoms with van der Waals surface area (Å²) in [5, 5.41) is -0.955. The van der Waals surface area contributed by atoms with Crippen LogP contribution in [0.15, 0.2) is 0 Å². The molecule has 15 heavy (non-hydrogen) atoms. The zero-order valence-corrected chi connectivity index (χ0v) is 9.37. The highest BCUT2D eigenvalue weighted by molar-refractivity contribution is 7.91. The topological polar surface area (TPSA) is 60.2 Å². The summed E-state index contributed by atoms with van der Waals surface area (Å²) in [6, 6.07) is 0. The third-order valence-electron chi connectivity index (χ3n) is 2.00. The quantitative estimate of drug-likeness (QED) is 0.728. The monoisotopic (exact) mass is 247 g/mol. The number of unbranched alkanes of at least 4 members (excludes halogenated alkanes) is 1. The fourth-order valence-corrected chi connectivity index (χ4v) is 2.45. The van der Waals surface area contributed by atoms with Crippen molar-refractivity contribution >= 4 is 9.84 Å². The molecule has 0 saturated heterocycles. The lowest BCUT2D eigenvalue weighted by atomic mass is 10.2. The van der Waals surface area contributed by atoms with E-state index in [1.54, 1.807) is 6.92 Å². The number of sulfone groups is 1. The summed E-state index contributed by atoms with van der Waals surface area (Å²) in [6.07, 6.45) is -5.03. The molecule has 0 radical (unpaired) electrons. The number of hydrogen-bond donors (Lipinski definition) is 1. The molecule has 1 unspecified atom stereocenters. The van der Waals surface area contributed by atoms with Crippen LogP contribution in [0, 0.1) is 0 Å².